The molecule has 0 aliphatic heterocycles. The van der Waals surface area contributed by atoms with Crippen LogP contribution in [-0.4, -0.2) is 4.98 Å². The minimum absolute atomic E-state index is 0.306. The maximum atomic E-state index is 13.1. The topological polar surface area (TPSA) is 48.7 Å². The van der Waals surface area contributed by atoms with Crippen molar-refractivity contribution in [2.75, 3.05) is 5.32 Å². The summed E-state index contributed by atoms with van der Waals surface area (Å²) in [5.41, 5.74) is 3.53. The van der Waals surface area contributed by atoms with E-state index in [0.29, 0.717) is 17.8 Å². The zero-order chi connectivity index (χ0) is 11.4. The second kappa shape index (κ2) is 4.73. The summed E-state index contributed by atoms with van der Waals surface area (Å²) in [4.78, 5) is 4.09. The lowest BCUT2D eigenvalue weighted by molar-refractivity contribution is 0.627. The Morgan fingerprint density at radius 1 is 1.44 bits per heavy atom. The highest BCUT2D eigenvalue weighted by Crippen LogP contribution is 2.14. The molecule has 0 atom stereocenters. The molecule has 1 aromatic heterocycles. The Bertz CT molecular complexity index is 517. The van der Waals surface area contributed by atoms with E-state index in [1.54, 1.807) is 11.6 Å². The number of nitriles is 1. The number of benzene rings is 1. The Kier molecular flexibility index (Phi) is 3.13. The van der Waals surface area contributed by atoms with Gasteiger partial charge in [-0.2, -0.15) is 5.26 Å². The molecule has 2 aromatic rings. The fraction of sp³-hybridized carbons (Fsp3) is 0.0909. The third kappa shape index (κ3) is 2.55. The van der Waals surface area contributed by atoms with E-state index in [4.69, 9.17) is 5.26 Å². The third-order valence-electron chi connectivity index (χ3n) is 1.98. The van der Waals surface area contributed by atoms with E-state index >= 15 is 0 Å². The van der Waals surface area contributed by atoms with E-state index < -0.39 is 5.82 Å². The zero-order valence-electron chi connectivity index (χ0n) is 8.27. The van der Waals surface area contributed by atoms with Gasteiger partial charge in [0.2, 0.25) is 0 Å². The maximum absolute atomic E-state index is 13.1. The highest BCUT2D eigenvalue weighted by molar-refractivity contribution is 7.07. The molecular weight excluding hydrogens is 225 g/mol. The van der Waals surface area contributed by atoms with E-state index in [9.17, 15) is 4.39 Å². The molecule has 1 heterocycles. The van der Waals surface area contributed by atoms with Crippen molar-refractivity contribution in [2.45, 2.75) is 6.54 Å². The molecule has 3 nitrogen and oxygen atoms in total. The molecule has 0 aliphatic rings. The van der Waals surface area contributed by atoms with Crippen molar-refractivity contribution in [2.24, 2.45) is 0 Å². The highest BCUT2D eigenvalue weighted by Gasteiger charge is 2.01. The molecule has 0 spiro atoms. The Morgan fingerprint density at radius 2 is 2.31 bits per heavy atom. The molecule has 0 saturated heterocycles. The summed E-state index contributed by atoms with van der Waals surface area (Å²) in [5, 5.41) is 13.6. The van der Waals surface area contributed by atoms with Crippen molar-refractivity contribution in [3.8, 4) is 6.07 Å². The van der Waals surface area contributed by atoms with E-state index in [0.717, 1.165) is 5.69 Å². The average Bonchev–Trinajstić information content (AvgIpc) is 2.78. The van der Waals surface area contributed by atoms with Gasteiger partial charge in [-0.3, -0.25) is 0 Å². The van der Waals surface area contributed by atoms with Crippen LogP contribution in [0.2, 0.25) is 0 Å². The number of hydrogen-bond donors (Lipinski definition) is 1. The number of nitrogens with one attached hydrogen (secondary N) is 1. The van der Waals surface area contributed by atoms with Gasteiger partial charge in [0, 0.05) is 11.1 Å². The van der Waals surface area contributed by atoms with Crippen molar-refractivity contribution in [3.05, 3.63) is 46.2 Å². The van der Waals surface area contributed by atoms with Crippen LogP contribution in [0.3, 0.4) is 0 Å². The van der Waals surface area contributed by atoms with E-state index in [2.05, 4.69) is 10.3 Å². The molecule has 0 fully saturated rings. The fourth-order valence-corrected chi connectivity index (χ4v) is 1.83. The van der Waals surface area contributed by atoms with Crippen LogP contribution >= 0.6 is 11.3 Å². The van der Waals surface area contributed by atoms with Crippen LogP contribution in [0.4, 0.5) is 10.1 Å². The molecule has 0 radical (unpaired) electrons. The van der Waals surface area contributed by atoms with E-state index in [1.165, 1.54) is 23.5 Å². The van der Waals surface area contributed by atoms with Crippen molar-refractivity contribution in [1.82, 2.24) is 4.98 Å². The molecule has 0 bridgehead atoms. The molecule has 0 saturated carbocycles. The molecular formula is C11H8FN3S. The number of anilines is 1. The average molecular weight is 233 g/mol. The first kappa shape index (κ1) is 10.6. The van der Waals surface area contributed by atoms with Gasteiger partial charge >= 0.3 is 0 Å². The van der Waals surface area contributed by atoms with Crippen LogP contribution in [0.15, 0.2) is 29.1 Å². The second-order valence-corrected chi connectivity index (χ2v) is 3.89. The van der Waals surface area contributed by atoms with Crippen molar-refractivity contribution in [3.63, 3.8) is 0 Å². The molecule has 1 aromatic carbocycles. The van der Waals surface area contributed by atoms with Crippen LogP contribution in [-0.2, 0) is 6.54 Å². The summed E-state index contributed by atoms with van der Waals surface area (Å²) in [6, 6.07) is 6.07. The number of halogens is 1. The largest absolute Gasteiger partial charge is 0.379 e. The second-order valence-electron chi connectivity index (χ2n) is 3.17. The quantitative estimate of drug-likeness (QED) is 0.886. The maximum Gasteiger partial charge on any atom is 0.126 e. The zero-order valence-corrected chi connectivity index (χ0v) is 9.09. The molecule has 0 aliphatic carbocycles. The first-order chi connectivity index (χ1) is 7.78. The number of nitrogens with zero attached hydrogens (tertiary/aromatic N) is 2. The Morgan fingerprint density at radius 3 is 3.00 bits per heavy atom. The van der Waals surface area contributed by atoms with Gasteiger partial charge in [0.25, 0.3) is 0 Å². The fourth-order valence-electron chi connectivity index (χ4n) is 1.27. The third-order valence-corrected chi connectivity index (χ3v) is 2.62. The van der Waals surface area contributed by atoms with Gasteiger partial charge in [-0.25, -0.2) is 9.37 Å². The lowest BCUT2D eigenvalue weighted by Gasteiger charge is -2.04. The van der Waals surface area contributed by atoms with Crippen molar-refractivity contribution in [1.29, 1.82) is 5.26 Å². The first-order valence-corrected chi connectivity index (χ1v) is 5.54. The molecule has 0 unspecified atom stereocenters. The lowest BCUT2D eigenvalue weighted by atomic mass is 10.2. The van der Waals surface area contributed by atoms with Crippen LogP contribution in [0.5, 0.6) is 0 Å². The Hall–Kier alpha value is -1.93. The number of rotatable bonds is 3. The minimum Gasteiger partial charge on any atom is -0.379 e. The summed E-state index contributed by atoms with van der Waals surface area (Å²) < 4.78 is 13.1. The summed E-state index contributed by atoms with van der Waals surface area (Å²) in [6.07, 6.45) is 0. The highest BCUT2D eigenvalue weighted by atomic mass is 32.1. The molecule has 80 valence electrons. The van der Waals surface area contributed by atoms with Crippen LogP contribution in [0.25, 0.3) is 0 Å². The van der Waals surface area contributed by atoms with Crippen molar-refractivity contribution < 1.29 is 4.39 Å². The summed E-state index contributed by atoms with van der Waals surface area (Å²) in [5.74, 6) is -0.417. The van der Waals surface area contributed by atoms with Crippen LogP contribution < -0.4 is 5.32 Å². The van der Waals surface area contributed by atoms with E-state index in [1.807, 2.05) is 11.4 Å². The van der Waals surface area contributed by atoms with Gasteiger partial charge in [-0.15, -0.1) is 11.3 Å². The van der Waals surface area contributed by atoms with Gasteiger partial charge in [0.1, 0.15) is 5.82 Å². The summed E-state index contributed by atoms with van der Waals surface area (Å²) in [6.45, 7) is 0.526. The standard InChI is InChI=1S/C11H8FN3S/c12-9-1-8(4-13)2-10(3-9)14-5-11-6-16-7-15-11/h1-3,6-7,14H,5H2. The van der Waals surface area contributed by atoms with Gasteiger partial charge in [0.15, 0.2) is 0 Å². The van der Waals surface area contributed by atoms with Gasteiger partial charge in [0.05, 0.1) is 29.4 Å². The van der Waals surface area contributed by atoms with Crippen LogP contribution in [0.1, 0.15) is 11.3 Å². The predicted molar refractivity (Wildman–Crippen MR) is 60.6 cm³/mol. The SMILES string of the molecule is N#Cc1cc(F)cc(NCc2cscn2)c1. The molecule has 2 rings (SSSR count). The minimum atomic E-state index is -0.417. The Balaban J connectivity index is 2.10. The normalized spacial score (nSPS) is 9.75. The van der Waals surface area contributed by atoms with E-state index in [-0.39, 0.29) is 0 Å². The van der Waals surface area contributed by atoms with Crippen molar-refractivity contribution >= 4 is 17.0 Å². The van der Waals surface area contributed by atoms with Gasteiger partial charge < -0.3 is 5.32 Å². The Labute approximate surface area is 96.2 Å². The molecule has 16 heavy (non-hydrogen) atoms. The van der Waals surface area contributed by atoms with Crippen LogP contribution in [0, 0.1) is 17.1 Å². The predicted octanol–water partition coefficient (Wildman–Crippen LogP) is 2.77. The lowest BCUT2D eigenvalue weighted by Crippen LogP contribution is -2.00. The number of aromatic nitrogens is 1. The number of hydrogen-bond acceptors (Lipinski definition) is 4. The van der Waals surface area contributed by atoms with Gasteiger partial charge in [-0.05, 0) is 18.2 Å². The monoisotopic (exact) mass is 233 g/mol. The molecule has 0 amide bonds. The number of thiazole rings is 1. The molecule has 5 heteroatoms. The molecule has 1 N–H and O–H groups in total. The smallest absolute Gasteiger partial charge is 0.126 e. The summed E-state index contributed by atoms with van der Waals surface area (Å²) in [7, 11) is 0. The summed E-state index contributed by atoms with van der Waals surface area (Å²) >= 11 is 1.51. The van der Waals surface area contributed by atoms with Gasteiger partial charge in [-0.1, -0.05) is 0 Å². The first-order valence-electron chi connectivity index (χ1n) is 4.59.